The molecule has 0 saturated heterocycles. The first-order valence-corrected chi connectivity index (χ1v) is 19.3. The van der Waals surface area contributed by atoms with Crippen LogP contribution in [0, 0.1) is 0 Å². The first-order valence-electron chi connectivity index (χ1n) is 19.3. The van der Waals surface area contributed by atoms with Gasteiger partial charge in [0.2, 0.25) is 0 Å². The van der Waals surface area contributed by atoms with Gasteiger partial charge in [-0.15, -0.1) is 0 Å². The van der Waals surface area contributed by atoms with Crippen molar-refractivity contribution in [2.75, 3.05) is 0 Å². The van der Waals surface area contributed by atoms with Gasteiger partial charge in [0.25, 0.3) is 0 Å². The van der Waals surface area contributed by atoms with Crippen molar-refractivity contribution in [2.24, 2.45) is 28.2 Å². The van der Waals surface area contributed by atoms with Crippen LogP contribution >= 0.6 is 0 Å². The molecule has 0 bridgehead atoms. The van der Waals surface area contributed by atoms with Crippen molar-refractivity contribution in [3.05, 3.63) is 158 Å². The number of rotatable bonds is 2. The molecular formula is C50H38N6. The van der Waals surface area contributed by atoms with Crippen LogP contribution in [0.4, 0.5) is 0 Å². The Morgan fingerprint density at radius 3 is 0.982 bits per heavy atom. The van der Waals surface area contributed by atoms with Crippen molar-refractivity contribution in [3.8, 4) is 11.4 Å². The lowest BCUT2D eigenvalue weighted by Crippen LogP contribution is -2.06. The molecule has 8 aromatic carbocycles. The average molecular weight is 723 g/mol. The van der Waals surface area contributed by atoms with Crippen LogP contribution < -0.4 is 0 Å². The molecule has 6 nitrogen and oxygen atoms in total. The maximum absolute atomic E-state index is 2.55. The highest BCUT2D eigenvalue weighted by Gasteiger charge is 2.26. The molecule has 4 heterocycles. The summed E-state index contributed by atoms with van der Waals surface area (Å²) in [5.41, 5.74) is 16.6. The van der Waals surface area contributed by atoms with Gasteiger partial charge in [-0.3, -0.25) is 0 Å². The first kappa shape index (κ1) is 31.2. The second-order valence-corrected chi connectivity index (χ2v) is 15.3. The first-order chi connectivity index (χ1) is 27.5. The van der Waals surface area contributed by atoms with E-state index < -0.39 is 0 Å². The van der Waals surface area contributed by atoms with E-state index in [9.17, 15) is 0 Å². The summed E-state index contributed by atoms with van der Waals surface area (Å²) < 4.78 is 14.5. The molecule has 0 N–H and O–H groups in total. The summed E-state index contributed by atoms with van der Waals surface area (Å²) in [7, 11) is 8.80. The smallest absolute Gasteiger partial charge is 0.0804 e. The van der Waals surface area contributed by atoms with Crippen molar-refractivity contribution < 1.29 is 0 Å². The number of aromatic nitrogens is 6. The van der Waals surface area contributed by atoms with Crippen molar-refractivity contribution in [1.82, 2.24) is 27.4 Å². The van der Waals surface area contributed by atoms with Gasteiger partial charge in [-0.1, -0.05) is 97.1 Å². The third-order valence-electron chi connectivity index (χ3n) is 12.5. The molecule has 0 radical (unpaired) electrons. The molecule has 0 aliphatic heterocycles. The zero-order chi connectivity index (χ0) is 37.4. The summed E-state index contributed by atoms with van der Waals surface area (Å²) in [6, 6.07) is 58.1. The molecule has 0 aliphatic carbocycles. The van der Waals surface area contributed by atoms with E-state index in [2.05, 4.69) is 213 Å². The predicted octanol–water partition coefficient (Wildman–Crippen LogP) is 12.1. The minimum Gasteiger partial charge on any atom is -0.341 e. The van der Waals surface area contributed by atoms with Crippen LogP contribution in [0.3, 0.4) is 0 Å². The van der Waals surface area contributed by atoms with Gasteiger partial charge in [0.1, 0.15) is 0 Å². The number of benzene rings is 8. The normalized spacial score (nSPS) is 12.3. The van der Waals surface area contributed by atoms with Gasteiger partial charge in [0.15, 0.2) is 0 Å². The zero-order valence-electron chi connectivity index (χ0n) is 31.7. The Morgan fingerprint density at radius 1 is 0.268 bits per heavy atom. The van der Waals surface area contributed by atoms with Crippen molar-refractivity contribution in [2.45, 2.75) is 0 Å². The summed E-state index contributed by atoms with van der Waals surface area (Å²) in [6.45, 7) is 0. The van der Waals surface area contributed by atoms with E-state index in [1.165, 1.54) is 110 Å². The zero-order valence-corrected chi connectivity index (χ0v) is 31.7. The van der Waals surface area contributed by atoms with Crippen LogP contribution in [0.5, 0.6) is 0 Å². The van der Waals surface area contributed by atoms with Gasteiger partial charge >= 0.3 is 0 Å². The van der Waals surface area contributed by atoms with Crippen molar-refractivity contribution >= 4 is 98.5 Å². The Kier molecular flexibility index (Phi) is 6.23. The highest BCUT2D eigenvalue weighted by molar-refractivity contribution is 6.24. The predicted molar refractivity (Wildman–Crippen MR) is 236 cm³/mol. The van der Waals surface area contributed by atoms with Gasteiger partial charge in [-0.2, -0.15) is 0 Å². The molecule has 0 amide bonds. The van der Waals surface area contributed by atoms with Gasteiger partial charge in [0.05, 0.1) is 77.6 Å². The van der Waals surface area contributed by atoms with Gasteiger partial charge < -0.3 is 27.4 Å². The molecule has 12 rings (SSSR count). The number of aryl methyl sites for hydroxylation is 4. The Balaban J connectivity index is 1.39. The molecule has 12 aromatic rings. The summed E-state index contributed by atoms with van der Waals surface area (Å²) in [5, 5.41) is 7.29. The Morgan fingerprint density at radius 2 is 0.589 bits per heavy atom. The molecule has 0 atom stereocenters. The molecule has 268 valence electrons. The number of nitrogens with zero attached hydrogens (tertiary/aromatic N) is 6. The van der Waals surface area contributed by atoms with E-state index in [0.717, 1.165) is 0 Å². The highest BCUT2D eigenvalue weighted by atomic mass is 15.1. The van der Waals surface area contributed by atoms with E-state index in [1.54, 1.807) is 0 Å². The fourth-order valence-electron chi connectivity index (χ4n) is 9.79. The van der Waals surface area contributed by atoms with Crippen molar-refractivity contribution in [1.29, 1.82) is 0 Å². The SMILES string of the molecule is Cn1c2ccccc2n(C)c2cc3c(cc21)c1c(c2cc4c(cc2n1-c1cccc2ccccc12)n(C)c1ccccc1n4C)n3-c1cccc2ccccc12. The fourth-order valence-corrected chi connectivity index (χ4v) is 9.79. The molecular weight excluding hydrogens is 685 g/mol. The average Bonchev–Trinajstić information content (AvgIpc) is 3.74. The van der Waals surface area contributed by atoms with Crippen LogP contribution in [0.2, 0.25) is 0 Å². The third-order valence-corrected chi connectivity index (χ3v) is 12.5. The molecule has 56 heavy (non-hydrogen) atoms. The quantitative estimate of drug-likeness (QED) is 0.159. The Labute approximate surface area is 322 Å². The number of hydrogen-bond donors (Lipinski definition) is 0. The molecule has 6 heteroatoms. The minimum absolute atomic E-state index is 1.17. The highest BCUT2D eigenvalue weighted by Crippen LogP contribution is 2.45. The maximum Gasteiger partial charge on any atom is 0.0804 e. The van der Waals surface area contributed by atoms with Crippen LogP contribution in [0.15, 0.2) is 158 Å². The second-order valence-electron chi connectivity index (χ2n) is 15.3. The van der Waals surface area contributed by atoms with Gasteiger partial charge in [0, 0.05) is 49.7 Å². The summed E-state index contributed by atoms with van der Waals surface area (Å²) in [6.07, 6.45) is 0. The number of para-hydroxylation sites is 4. The molecule has 0 aliphatic rings. The number of hydrogen-bond acceptors (Lipinski definition) is 0. The van der Waals surface area contributed by atoms with Crippen molar-refractivity contribution in [3.63, 3.8) is 0 Å². The fraction of sp³-hybridized carbons (Fsp3) is 0.0800. The summed E-state index contributed by atoms with van der Waals surface area (Å²) in [4.78, 5) is 0. The van der Waals surface area contributed by atoms with Crippen LogP contribution in [0.25, 0.3) is 110 Å². The van der Waals surface area contributed by atoms with E-state index in [1.807, 2.05) is 0 Å². The minimum atomic E-state index is 1.17. The Bertz CT molecular complexity index is 3450. The second kappa shape index (κ2) is 11.2. The lowest BCUT2D eigenvalue weighted by molar-refractivity contribution is 0.937. The summed E-state index contributed by atoms with van der Waals surface area (Å²) in [5.74, 6) is 0. The molecule has 4 aromatic heterocycles. The standard InChI is InChI=1S/C50H38N6/c1-51-39-21-9-11-23-41(39)53(3)47-29-43-35(27-45(47)51)49-50(55(43)37-25-13-17-31-15-5-7-19-33(31)37)36-28-46-48(54(4)42-24-12-10-22-40(42)52(46)2)30-44(36)56(49)38-26-14-18-32-16-6-8-20-34(32)38/h5-30H,1-4H3. The van der Waals surface area contributed by atoms with E-state index in [4.69, 9.17) is 0 Å². The van der Waals surface area contributed by atoms with E-state index in [-0.39, 0.29) is 0 Å². The monoisotopic (exact) mass is 722 g/mol. The van der Waals surface area contributed by atoms with Crippen LogP contribution in [0.1, 0.15) is 0 Å². The summed E-state index contributed by atoms with van der Waals surface area (Å²) >= 11 is 0. The van der Waals surface area contributed by atoms with Gasteiger partial charge in [-0.25, -0.2) is 0 Å². The third kappa shape index (κ3) is 4.00. The van der Waals surface area contributed by atoms with Gasteiger partial charge in [-0.05, 0) is 71.4 Å². The number of fused-ring (bicyclic) bond motifs is 11. The lowest BCUT2D eigenvalue weighted by Gasteiger charge is -2.19. The molecule has 0 fully saturated rings. The lowest BCUT2D eigenvalue weighted by atomic mass is 10.1. The molecule has 0 spiro atoms. The van der Waals surface area contributed by atoms with Crippen LogP contribution in [-0.2, 0) is 28.2 Å². The topological polar surface area (TPSA) is 29.6 Å². The van der Waals surface area contributed by atoms with E-state index in [0.29, 0.717) is 0 Å². The Hall–Kier alpha value is -7.18. The molecule has 0 saturated carbocycles. The maximum atomic E-state index is 2.55. The molecule has 0 unspecified atom stereocenters. The largest absolute Gasteiger partial charge is 0.341 e. The van der Waals surface area contributed by atoms with E-state index >= 15 is 0 Å². The van der Waals surface area contributed by atoms with Crippen LogP contribution in [-0.4, -0.2) is 27.4 Å².